The van der Waals surface area contributed by atoms with E-state index in [0.29, 0.717) is 11.9 Å². The number of hydrogen-bond donors (Lipinski definition) is 2. The van der Waals surface area contributed by atoms with Gasteiger partial charge in [0.15, 0.2) is 0 Å². The van der Waals surface area contributed by atoms with E-state index in [9.17, 15) is 18.0 Å². The molecule has 0 unspecified atom stereocenters. The van der Waals surface area contributed by atoms with Crippen molar-refractivity contribution in [3.63, 3.8) is 0 Å². The van der Waals surface area contributed by atoms with E-state index >= 15 is 0 Å². The Kier molecular flexibility index (Phi) is 5.93. The number of carbonyl (C=O) groups is 1. The third kappa shape index (κ3) is 5.42. The van der Waals surface area contributed by atoms with Gasteiger partial charge in [0.2, 0.25) is 0 Å². The smallest absolute Gasteiger partial charge is 0.366 e. The van der Waals surface area contributed by atoms with Crippen molar-refractivity contribution in [2.24, 2.45) is 0 Å². The number of nitrogens with zero attached hydrogens (tertiary/aromatic N) is 2. The highest BCUT2D eigenvalue weighted by Crippen LogP contribution is 2.29. The molecule has 0 spiro atoms. The molecule has 2 N–H and O–H groups in total. The van der Waals surface area contributed by atoms with E-state index in [-0.39, 0.29) is 11.4 Å². The Morgan fingerprint density at radius 2 is 1.63 bits per heavy atom. The van der Waals surface area contributed by atoms with Crippen LogP contribution < -0.4 is 10.6 Å². The van der Waals surface area contributed by atoms with Gasteiger partial charge >= 0.3 is 6.18 Å². The van der Waals surface area contributed by atoms with E-state index in [1.807, 2.05) is 0 Å². The summed E-state index contributed by atoms with van der Waals surface area (Å²) >= 11 is 0. The number of aromatic nitrogens is 2. The van der Waals surface area contributed by atoms with Crippen molar-refractivity contribution in [3.05, 3.63) is 47.9 Å². The highest BCUT2D eigenvalue weighted by atomic mass is 19.4. The first-order valence-corrected chi connectivity index (χ1v) is 8.99. The van der Waals surface area contributed by atoms with Gasteiger partial charge < -0.3 is 10.6 Å². The molecule has 1 aliphatic rings. The first kappa shape index (κ1) is 19.1. The van der Waals surface area contributed by atoms with Gasteiger partial charge in [-0.3, -0.25) is 4.79 Å². The molecule has 1 aliphatic carbocycles. The fourth-order valence-corrected chi connectivity index (χ4v) is 3.09. The summed E-state index contributed by atoms with van der Waals surface area (Å²) in [5.41, 5.74) is -0.411. The number of anilines is 2. The lowest BCUT2D eigenvalue weighted by Crippen LogP contribution is -2.20. The minimum Gasteiger partial charge on any atom is -0.366 e. The van der Waals surface area contributed by atoms with E-state index in [0.717, 1.165) is 25.0 Å². The second-order valence-electron chi connectivity index (χ2n) is 6.65. The lowest BCUT2D eigenvalue weighted by molar-refractivity contribution is -0.137. The Hall–Kier alpha value is -2.64. The second-order valence-corrected chi connectivity index (χ2v) is 6.65. The van der Waals surface area contributed by atoms with Gasteiger partial charge in [0.25, 0.3) is 5.91 Å². The summed E-state index contributed by atoms with van der Waals surface area (Å²) in [7, 11) is 0. The highest BCUT2D eigenvalue weighted by Gasteiger charge is 2.30. The van der Waals surface area contributed by atoms with Gasteiger partial charge in [0.05, 0.1) is 18.0 Å². The average Bonchev–Trinajstić information content (AvgIpc) is 2.91. The number of carbonyl (C=O) groups excluding carboxylic acids is 1. The maximum absolute atomic E-state index is 12.6. The van der Waals surface area contributed by atoms with Crippen LogP contribution in [0.1, 0.15) is 54.6 Å². The Morgan fingerprint density at radius 3 is 2.19 bits per heavy atom. The van der Waals surface area contributed by atoms with E-state index in [1.165, 1.54) is 50.2 Å². The number of nitrogens with one attached hydrogen (secondary N) is 2. The predicted octanol–water partition coefficient (Wildman–Crippen LogP) is 4.88. The lowest BCUT2D eigenvalue weighted by atomic mass is 10.1. The largest absolute Gasteiger partial charge is 0.416 e. The average molecular weight is 378 g/mol. The molecule has 0 radical (unpaired) electrons. The van der Waals surface area contributed by atoms with Crippen molar-refractivity contribution in [2.45, 2.75) is 50.7 Å². The van der Waals surface area contributed by atoms with Gasteiger partial charge in [-0.25, -0.2) is 9.97 Å². The molecular formula is C19H21F3N4O. The molecule has 27 heavy (non-hydrogen) atoms. The van der Waals surface area contributed by atoms with E-state index in [2.05, 4.69) is 20.6 Å². The number of amides is 1. The summed E-state index contributed by atoms with van der Waals surface area (Å²) in [6, 6.07) is 4.61. The van der Waals surface area contributed by atoms with Crippen molar-refractivity contribution in [2.75, 3.05) is 10.6 Å². The quantitative estimate of drug-likeness (QED) is 0.744. The third-order valence-corrected chi connectivity index (χ3v) is 4.56. The number of hydrogen-bond acceptors (Lipinski definition) is 4. The van der Waals surface area contributed by atoms with E-state index in [4.69, 9.17) is 0 Å². The Balaban J connectivity index is 1.58. The molecule has 0 bridgehead atoms. The zero-order valence-electron chi connectivity index (χ0n) is 14.7. The van der Waals surface area contributed by atoms with Crippen LogP contribution in [-0.2, 0) is 6.18 Å². The molecule has 1 aromatic carbocycles. The Bertz CT molecular complexity index is 752. The van der Waals surface area contributed by atoms with Crippen LogP contribution in [0.3, 0.4) is 0 Å². The summed E-state index contributed by atoms with van der Waals surface area (Å²) in [6.07, 6.45) is 5.55. The molecule has 1 fully saturated rings. The third-order valence-electron chi connectivity index (χ3n) is 4.56. The maximum Gasteiger partial charge on any atom is 0.416 e. The summed E-state index contributed by atoms with van der Waals surface area (Å²) < 4.78 is 37.7. The van der Waals surface area contributed by atoms with Crippen molar-refractivity contribution >= 4 is 17.4 Å². The van der Waals surface area contributed by atoms with Gasteiger partial charge in [-0.1, -0.05) is 25.7 Å². The first-order chi connectivity index (χ1) is 12.9. The van der Waals surface area contributed by atoms with Gasteiger partial charge in [-0.2, -0.15) is 13.2 Å². The molecule has 3 rings (SSSR count). The van der Waals surface area contributed by atoms with Crippen LogP contribution in [0.4, 0.5) is 24.7 Å². The number of benzene rings is 1. The predicted molar refractivity (Wildman–Crippen MR) is 96.5 cm³/mol. The summed E-state index contributed by atoms with van der Waals surface area (Å²) in [4.78, 5) is 20.5. The van der Waals surface area contributed by atoms with Gasteiger partial charge in [0.1, 0.15) is 11.5 Å². The lowest BCUT2D eigenvalue weighted by Gasteiger charge is -2.16. The minimum atomic E-state index is -4.41. The van der Waals surface area contributed by atoms with Crippen LogP contribution in [0.2, 0.25) is 0 Å². The van der Waals surface area contributed by atoms with E-state index < -0.39 is 17.6 Å². The molecule has 1 heterocycles. The summed E-state index contributed by atoms with van der Waals surface area (Å²) in [5, 5.41) is 5.86. The molecule has 0 atom stereocenters. The number of rotatable bonds is 4. The van der Waals surface area contributed by atoms with Crippen LogP contribution in [0.25, 0.3) is 0 Å². The molecule has 2 aromatic rings. The van der Waals surface area contributed by atoms with Crippen molar-refractivity contribution < 1.29 is 18.0 Å². The molecule has 0 aliphatic heterocycles. The molecule has 0 saturated heterocycles. The summed E-state index contributed by atoms with van der Waals surface area (Å²) in [5.74, 6) is 0.0938. The zero-order valence-corrected chi connectivity index (χ0v) is 14.7. The highest BCUT2D eigenvalue weighted by molar-refractivity contribution is 6.02. The fourth-order valence-electron chi connectivity index (χ4n) is 3.09. The summed E-state index contributed by atoms with van der Waals surface area (Å²) in [6.45, 7) is 0. The molecular weight excluding hydrogens is 357 g/mol. The molecule has 5 nitrogen and oxygen atoms in total. The second kappa shape index (κ2) is 8.37. The molecule has 144 valence electrons. The normalized spacial score (nSPS) is 15.8. The first-order valence-electron chi connectivity index (χ1n) is 8.99. The van der Waals surface area contributed by atoms with Crippen molar-refractivity contribution in [1.29, 1.82) is 0 Å². The fraction of sp³-hybridized carbons (Fsp3) is 0.421. The topological polar surface area (TPSA) is 66.9 Å². The van der Waals surface area contributed by atoms with Crippen molar-refractivity contribution in [1.82, 2.24) is 9.97 Å². The van der Waals surface area contributed by atoms with Gasteiger partial charge in [-0.15, -0.1) is 0 Å². The standard InChI is InChI=1S/C19H21F3N4O/c20-19(21,22)13-7-9-15(10-8-13)26-18(27)16-11-24-17(12-23-16)25-14-5-3-1-2-4-6-14/h7-12,14H,1-6H2,(H,24,25)(H,26,27). The van der Waals surface area contributed by atoms with Gasteiger partial charge in [0, 0.05) is 11.7 Å². The maximum atomic E-state index is 12.6. The van der Waals surface area contributed by atoms with Crippen LogP contribution >= 0.6 is 0 Å². The van der Waals surface area contributed by atoms with Crippen LogP contribution in [0.15, 0.2) is 36.7 Å². The molecule has 1 saturated carbocycles. The van der Waals surface area contributed by atoms with E-state index in [1.54, 1.807) is 0 Å². The monoisotopic (exact) mass is 378 g/mol. The SMILES string of the molecule is O=C(Nc1ccc(C(F)(F)F)cc1)c1cnc(NC2CCCCCC2)cn1. The minimum absolute atomic E-state index is 0.0984. The number of halogens is 3. The van der Waals surface area contributed by atoms with Crippen LogP contribution in [-0.4, -0.2) is 21.9 Å². The van der Waals surface area contributed by atoms with Crippen LogP contribution in [0, 0.1) is 0 Å². The Labute approximate surface area is 155 Å². The molecule has 1 amide bonds. The van der Waals surface area contributed by atoms with Crippen molar-refractivity contribution in [3.8, 4) is 0 Å². The van der Waals surface area contributed by atoms with Gasteiger partial charge in [-0.05, 0) is 37.1 Å². The molecule has 1 aromatic heterocycles. The Morgan fingerprint density at radius 1 is 0.963 bits per heavy atom. The number of alkyl halides is 3. The van der Waals surface area contributed by atoms with Crippen LogP contribution in [0.5, 0.6) is 0 Å². The molecule has 8 heteroatoms. The zero-order chi connectivity index (χ0) is 19.3.